The molecule has 0 amide bonds. The summed E-state index contributed by atoms with van der Waals surface area (Å²) in [4.78, 5) is 1.69. The Balaban J connectivity index is 1.48. The molecule has 1 aliphatic heterocycles. The van der Waals surface area contributed by atoms with Gasteiger partial charge in [-0.3, -0.25) is 4.90 Å². The van der Waals surface area contributed by atoms with Crippen LogP contribution in [0.15, 0.2) is 71.1 Å². The minimum Gasteiger partial charge on any atom is -0.459 e. The van der Waals surface area contributed by atoms with E-state index in [0.29, 0.717) is 22.9 Å². The van der Waals surface area contributed by atoms with Gasteiger partial charge in [0.2, 0.25) is 0 Å². The lowest BCUT2D eigenvalue weighted by atomic mass is 9.96. The molecule has 2 heterocycles. The Morgan fingerprint density at radius 1 is 0.971 bits per heavy atom. The van der Waals surface area contributed by atoms with E-state index in [1.807, 2.05) is 60.7 Å². The highest BCUT2D eigenvalue weighted by molar-refractivity contribution is 6.30. The third kappa shape index (κ3) is 4.59. The zero-order valence-corrected chi connectivity index (χ0v) is 19.2. The third-order valence-electron chi connectivity index (χ3n) is 6.42. The van der Waals surface area contributed by atoms with Crippen molar-refractivity contribution in [2.45, 2.75) is 31.5 Å². The molecule has 0 radical (unpaired) electrons. The Hall–Kier alpha value is -2.77. The molecule has 0 saturated carbocycles. The Morgan fingerprint density at radius 2 is 1.71 bits per heavy atom. The second kappa shape index (κ2) is 9.12. The van der Waals surface area contributed by atoms with E-state index in [2.05, 4.69) is 6.07 Å². The quantitative estimate of drug-likeness (QED) is 0.336. The van der Waals surface area contributed by atoms with E-state index in [1.165, 1.54) is 0 Å². The Bertz CT molecular complexity index is 1310. The summed E-state index contributed by atoms with van der Waals surface area (Å²) < 4.78 is 32.9. The Kier molecular flexibility index (Phi) is 6.16. The van der Waals surface area contributed by atoms with Crippen LogP contribution in [-0.4, -0.2) is 29.0 Å². The van der Waals surface area contributed by atoms with Crippen molar-refractivity contribution in [1.29, 1.82) is 0 Å². The summed E-state index contributed by atoms with van der Waals surface area (Å²) in [6.07, 6.45) is -1.37. The molecular weight excluding hydrogens is 458 g/mol. The minimum atomic E-state index is -2.64. The molecule has 1 atom stereocenters. The van der Waals surface area contributed by atoms with Crippen molar-refractivity contribution in [3.8, 4) is 22.3 Å². The maximum atomic E-state index is 13.5. The Labute approximate surface area is 201 Å². The number of furan rings is 1. The average molecular weight is 483 g/mol. The van der Waals surface area contributed by atoms with Crippen LogP contribution in [0.2, 0.25) is 5.02 Å². The van der Waals surface area contributed by atoms with Crippen LogP contribution in [-0.2, 0) is 6.54 Å². The van der Waals surface area contributed by atoms with E-state index in [-0.39, 0.29) is 25.9 Å². The molecule has 34 heavy (non-hydrogen) atoms. The van der Waals surface area contributed by atoms with E-state index >= 15 is 0 Å². The summed E-state index contributed by atoms with van der Waals surface area (Å²) in [5.41, 5.74) is 11.0. The SMILES string of the molecule is NCc1cc2cc(-c3ccc(C(O)N4CCC(F)(F)CC4)cc3)cc(-c3cccc(Cl)c3)c2o1. The molecule has 176 valence electrons. The first-order valence-electron chi connectivity index (χ1n) is 11.3. The first-order valence-corrected chi connectivity index (χ1v) is 11.6. The first-order chi connectivity index (χ1) is 16.3. The van der Waals surface area contributed by atoms with Gasteiger partial charge in [0, 0.05) is 41.9 Å². The standard InChI is InChI=1S/C27H25ClF2N2O2/c28-22-3-1-2-19(13-22)24-15-20(12-21-14-23(16-31)34-25(21)24)17-4-6-18(7-5-17)26(33)32-10-8-27(29,30)9-11-32/h1-7,12-15,26,33H,8-11,16,31H2. The maximum absolute atomic E-state index is 13.5. The van der Waals surface area contributed by atoms with Crippen molar-refractivity contribution >= 4 is 22.6 Å². The van der Waals surface area contributed by atoms with E-state index in [0.717, 1.165) is 33.2 Å². The van der Waals surface area contributed by atoms with Crippen molar-refractivity contribution in [3.05, 3.63) is 83.1 Å². The Morgan fingerprint density at radius 3 is 2.38 bits per heavy atom. The van der Waals surface area contributed by atoms with Crippen LogP contribution in [0.5, 0.6) is 0 Å². The number of halogens is 3. The molecule has 3 aromatic carbocycles. The highest BCUT2D eigenvalue weighted by Gasteiger charge is 2.36. The number of likely N-dealkylation sites (tertiary alicyclic amines) is 1. The van der Waals surface area contributed by atoms with Crippen molar-refractivity contribution in [3.63, 3.8) is 0 Å². The smallest absolute Gasteiger partial charge is 0.250 e. The average Bonchev–Trinajstić information content (AvgIpc) is 3.26. The second-order valence-electron chi connectivity index (χ2n) is 8.76. The van der Waals surface area contributed by atoms with Gasteiger partial charge in [-0.05, 0) is 52.6 Å². The third-order valence-corrected chi connectivity index (χ3v) is 6.66. The number of nitrogens with two attached hydrogens (primary N) is 1. The molecule has 0 aliphatic carbocycles. The molecule has 5 rings (SSSR count). The summed E-state index contributed by atoms with van der Waals surface area (Å²) in [5, 5.41) is 12.3. The number of benzene rings is 3. The summed E-state index contributed by atoms with van der Waals surface area (Å²) in [6.45, 7) is 0.632. The monoisotopic (exact) mass is 482 g/mol. The van der Waals surface area contributed by atoms with Gasteiger partial charge in [0.05, 0.1) is 6.54 Å². The van der Waals surface area contributed by atoms with Gasteiger partial charge < -0.3 is 15.3 Å². The molecule has 0 bridgehead atoms. The normalized spacial score (nSPS) is 17.2. The number of aliphatic hydroxyl groups excluding tert-OH is 1. The fraction of sp³-hybridized carbons (Fsp3) is 0.259. The van der Waals surface area contributed by atoms with Crippen LogP contribution in [0.4, 0.5) is 8.78 Å². The van der Waals surface area contributed by atoms with Crippen LogP contribution < -0.4 is 5.73 Å². The van der Waals surface area contributed by atoms with Gasteiger partial charge in [0.1, 0.15) is 17.6 Å². The van der Waals surface area contributed by atoms with Gasteiger partial charge in [-0.25, -0.2) is 8.78 Å². The van der Waals surface area contributed by atoms with Gasteiger partial charge in [0.15, 0.2) is 0 Å². The highest BCUT2D eigenvalue weighted by Crippen LogP contribution is 2.37. The summed E-state index contributed by atoms with van der Waals surface area (Å²) in [6, 6.07) is 21.2. The van der Waals surface area contributed by atoms with Gasteiger partial charge >= 0.3 is 0 Å². The number of piperidine rings is 1. The number of hydrogen-bond acceptors (Lipinski definition) is 4. The summed E-state index contributed by atoms with van der Waals surface area (Å²) in [7, 11) is 0. The number of fused-ring (bicyclic) bond motifs is 1. The largest absolute Gasteiger partial charge is 0.459 e. The van der Waals surface area contributed by atoms with Gasteiger partial charge in [-0.1, -0.05) is 48.0 Å². The predicted octanol–water partition coefficient (Wildman–Crippen LogP) is 6.60. The van der Waals surface area contributed by atoms with Crippen LogP contribution in [0.3, 0.4) is 0 Å². The summed E-state index contributed by atoms with van der Waals surface area (Å²) in [5.74, 6) is -1.95. The van der Waals surface area contributed by atoms with Crippen molar-refractivity contribution in [2.24, 2.45) is 5.73 Å². The molecule has 1 unspecified atom stereocenters. The van der Waals surface area contributed by atoms with Crippen molar-refractivity contribution in [2.75, 3.05) is 13.1 Å². The molecule has 1 aromatic heterocycles. The highest BCUT2D eigenvalue weighted by atomic mass is 35.5. The lowest BCUT2D eigenvalue weighted by Gasteiger charge is -2.35. The summed E-state index contributed by atoms with van der Waals surface area (Å²) >= 11 is 6.24. The number of aliphatic hydroxyl groups is 1. The molecule has 4 nitrogen and oxygen atoms in total. The molecule has 1 fully saturated rings. The van der Waals surface area contributed by atoms with Gasteiger partial charge in [-0.15, -0.1) is 0 Å². The topological polar surface area (TPSA) is 62.6 Å². The lowest BCUT2D eigenvalue weighted by Crippen LogP contribution is -2.41. The van der Waals surface area contributed by atoms with Gasteiger partial charge in [-0.2, -0.15) is 0 Å². The fourth-order valence-electron chi connectivity index (χ4n) is 4.50. The van der Waals surface area contributed by atoms with Crippen LogP contribution in [0, 0.1) is 0 Å². The zero-order valence-electron chi connectivity index (χ0n) is 18.5. The molecule has 1 aliphatic rings. The molecule has 4 aromatic rings. The molecular formula is C27H25ClF2N2O2. The molecule has 7 heteroatoms. The zero-order chi connectivity index (χ0) is 23.9. The molecule has 3 N–H and O–H groups in total. The van der Waals surface area contributed by atoms with Crippen molar-refractivity contribution < 1.29 is 18.3 Å². The van der Waals surface area contributed by atoms with E-state index in [4.69, 9.17) is 21.8 Å². The maximum Gasteiger partial charge on any atom is 0.250 e. The predicted molar refractivity (Wildman–Crippen MR) is 131 cm³/mol. The lowest BCUT2D eigenvalue weighted by molar-refractivity contribution is -0.0961. The number of hydrogen-bond donors (Lipinski definition) is 2. The first kappa shape index (κ1) is 23.0. The van der Waals surface area contributed by atoms with E-state index in [9.17, 15) is 13.9 Å². The molecule has 1 saturated heterocycles. The van der Waals surface area contributed by atoms with Crippen LogP contribution in [0.1, 0.15) is 30.4 Å². The van der Waals surface area contributed by atoms with Crippen LogP contribution >= 0.6 is 11.6 Å². The number of alkyl halides is 2. The minimum absolute atomic E-state index is 0.166. The number of nitrogens with zero attached hydrogens (tertiary/aromatic N) is 1. The van der Waals surface area contributed by atoms with E-state index < -0.39 is 12.2 Å². The molecule has 0 spiro atoms. The fourth-order valence-corrected chi connectivity index (χ4v) is 4.69. The van der Waals surface area contributed by atoms with Gasteiger partial charge in [0.25, 0.3) is 5.92 Å². The van der Waals surface area contributed by atoms with E-state index in [1.54, 1.807) is 4.90 Å². The number of rotatable bonds is 5. The van der Waals surface area contributed by atoms with Crippen molar-refractivity contribution in [1.82, 2.24) is 4.90 Å². The second-order valence-corrected chi connectivity index (χ2v) is 9.19. The van der Waals surface area contributed by atoms with Crippen LogP contribution in [0.25, 0.3) is 33.2 Å².